The van der Waals surface area contributed by atoms with E-state index in [0.29, 0.717) is 0 Å². The Balaban J connectivity index is 2.65. The highest BCUT2D eigenvalue weighted by Crippen LogP contribution is 2.32. The van der Waals surface area contributed by atoms with Crippen molar-refractivity contribution < 1.29 is 19.7 Å². The Morgan fingerprint density at radius 3 is 2.44 bits per heavy atom. The van der Waals surface area contributed by atoms with Gasteiger partial charge in [0.2, 0.25) is 5.43 Å². The topological polar surface area (TPSA) is 90.9 Å². The fourth-order valence-electron chi connectivity index (χ4n) is 1.91. The van der Waals surface area contributed by atoms with Crippen LogP contribution in [0.4, 0.5) is 0 Å². The largest absolute Gasteiger partial charge is 0.508 e. The molecule has 0 spiro atoms. The van der Waals surface area contributed by atoms with Gasteiger partial charge in [-0.3, -0.25) is 4.79 Å². The predicted molar refractivity (Wildman–Crippen MR) is 65.0 cm³/mol. The van der Waals surface area contributed by atoms with Crippen LogP contribution in [0, 0.1) is 0 Å². The minimum absolute atomic E-state index is 0.0513. The predicted octanol–water partition coefficient (Wildman–Crippen LogP) is 2.06. The Kier molecular flexibility index (Phi) is 1.98. The quantitative estimate of drug-likeness (QED) is 0.416. The van der Waals surface area contributed by atoms with Gasteiger partial charge in [0.1, 0.15) is 22.5 Å². The highest BCUT2D eigenvalue weighted by Gasteiger charge is 2.14. The standard InChI is InChI=1S/C13H8O5/c14-6-1-2-7-10(5-6)18-13-9(16)4-3-8(15)11(13)12(7)17/h1-5,14-16H. The fraction of sp³-hybridized carbons (Fsp3) is 0. The Hall–Kier alpha value is -2.69. The van der Waals surface area contributed by atoms with Crippen molar-refractivity contribution in [2.75, 3.05) is 0 Å². The lowest BCUT2D eigenvalue weighted by Crippen LogP contribution is -2.02. The maximum Gasteiger partial charge on any atom is 0.204 e. The molecule has 3 aromatic rings. The number of hydrogen-bond acceptors (Lipinski definition) is 5. The Morgan fingerprint density at radius 1 is 0.944 bits per heavy atom. The molecule has 18 heavy (non-hydrogen) atoms. The number of rotatable bonds is 0. The van der Waals surface area contributed by atoms with Crippen LogP contribution in [0.5, 0.6) is 17.2 Å². The first kappa shape index (κ1) is 10.5. The molecule has 0 saturated heterocycles. The highest BCUT2D eigenvalue weighted by atomic mass is 16.4. The van der Waals surface area contributed by atoms with Gasteiger partial charge in [0.05, 0.1) is 5.39 Å². The van der Waals surface area contributed by atoms with Gasteiger partial charge < -0.3 is 19.7 Å². The summed E-state index contributed by atoms with van der Waals surface area (Å²) in [7, 11) is 0. The maximum atomic E-state index is 12.2. The second-order valence-corrected chi connectivity index (χ2v) is 3.92. The van der Waals surface area contributed by atoms with E-state index in [0.717, 1.165) is 0 Å². The first-order valence-electron chi connectivity index (χ1n) is 5.18. The third-order valence-corrected chi connectivity index (χ3v) is 2.76. The van der Waals surface area contributed by atoms with Gasteiger partial charge in [-0.15, -0.1) is 0 Å². The van der Waals surface area contributed by atoms with Crippen molar-refractivity contribution in [2.45, 2.75) is 0 Å². The summed E-state index contributed by atoms with van der Waals surface area (Å²) >= 11 is 0. The monoisotopic (exact) mass is 244 g/mol. The molecule has 0 aliphatic rings. The van der Waals surface area contributed by atoms with Gasteiger partial charge >= 0.3 is 0 Å². The zero-order chi connectivity index (χ0) is 12.9. The van der Waals surface area contributed by atoms with Crippen LogP contribution in [-0.2, 0) is 0 Å². The molecule has 0 bridgehead atoms. The molecule has 5 heteroatoms. The van der Waals surface area contributed by atoms with E-state index in [-0.39, 0.29) is 39.2 Å². The van der Waals surface area contributed by atoms with Gasteiger partial charge in [0.15, 0.2) is 11.3 Å². The molecular formula is C13H8O5. The Labute approximate surface area is 100 Å². The van der Waals surface area contributed by atoms with E-state index in [1.165, 1.54) is 30.3 Å². The molecule has 3 N–H and O–H groups in total. The van der Waals surface area contributed by atoms with Gasteiger partial charge in [-0.05, 0) is 24.3 Å². The maximum absolute atomic E-state index is 12.2. The summed E-state index contributed by atoms with van der Waals surface area (Å²) in [6, 6.07) is 6.49. The van der Waals surface area contributed by atoms with Crippen molar-refractivity contribution >= 4 is 21.9 Å². The van der Waals surface area contributed by atoms with Crippen LogP contribution in [0.2, 0.25) is 0 Å². The van der Waals surface area contributed by atoms with Crippen LogP contribution in [0.25, 0.3) is 21.9 Å². The van der Waals surface area contributed by atoms with Crippen LogP contribution in [0.1, 0.15) is 0 Å². The molecule has 0 atom stereocenters. The first-order valence-corrected chi connectivity index (χ1v) is 5.18. The number of phenolic OH excluding ortho intramolecular Hbond substituents is 3. The summed E-state index contributed by atoms with van der Waals surface area (Å²) in [6.45, 7) is 0. The molecule has 2 aromatic carbocycles. The molecule has 0 fully saturated rings. The summed E-state index contributed by atoms with van der Waals surface area (Å²) in [5, 5.41) is 28.8. The fourth-order valence-corrected chi connectivity index (χ4v) is 1.91. The average Bonchev–Trinajstić information content (AvgIpc) is 2.33. The van der Waals surface area contributed by atoms with E-state index >= 15 is 0 Å². The molecule has 0 aliphatic carbocycles. The first-order chi connectivity index (χ1) is 8.58. The van der Waals surface area contributed by atoms with Crippen molar-refractivity contribution in [3.05, 3.63) is 40.6 Å². The van der Waals surface area contributed by atoms with E-state index in [2.05, 4.69) is 0 Å². The van der Waals surface area contributed by atoms with Gasteiger partial charge in [0, 0.05) is 6.07 Å². The molecule has 5 nitrogen and oxygen atoms in total. The van der Waals surface area contributed by atoms with Crippen LogP contribution >= 0.6 is 0 Å². The number of benzene rings is 2. The van der Waals surface area contributed by atoms with E-state index in [9.17, 15) is 20.1 Å². The van der Waals surface area contributed by atoms with Crippen molar-refractivity contribution in [1.82, 2.24) is 0 Å². The molecule has 3 rings (SSSR count). The third kappa shape index (κ3) is 1.31. The van der Waals surface area contributed by atoms with Crippen LogP contribution in [0.3, 0.4) is 0 Å². The number of aromatic hydroxyl groups is 3. The summed E-state index contributed by atoms with van der Waals surface area (Å²) < 4.78 is 5.35. The van der Waals surface area contributed by atoms with Crippen molar-refractivity contribution in [3.63, 3.8) is 0 Å². The summed E-state index contributed by atoms with van der Waals surface area (Å²) in [6.07, 6.45) is 0. The van der Waals surface area contributed by atoms with E-state index in [1.807, 2.05) is 0 Å². The minimum Gasteiger partial charge on any atom is -0.508 e. The molecule has 1 aromatic heterocycles. The molecule has 1 heterocycles. The van der Waals surface area contributed by atoms with Crippen LogP contribution < -0.4 is 5.43 Å². The number of phenols is 3. The van der Waals surface area contributed by atoms with Gasteiger partial charge in [0.25, 0.3) is 0 Å². The zero-order valence-corrected chi connectivity index (χ0v) is 9.04. The normalized spacial score (nSPS) is 11.1. The van der Waals surface area contributed by atoms with E-state index in [1.54, 1.807) is 0 Å². The van der Waals surface area contributed by atoms with E-state index in [4.69, 9.17) is 4.42 Å². The average molecular weight is 244 g/mol. The minimum atomic E-state index is -0.459. The summed E-state index contributed by atoms with van der Waals surface area (Å²) in [5.74, 6) is -0.554. The third-order valence-electron chi connectivity index (χ3n) is 2.76. The SMILES string of the molecule is O=c1c2ccc(O)cc2oc2c(O)ccc(O)c12. The van der Waals surface area contributed by atoms with Crippen LogP contribution in [0.15, 0.2) is 39.5 Å². The molecule has 0 unspecified atom stereocenters. The smallest absolute Gasteiger partial charge is 0.204 e. The Bertz CT molecular complexity index is 832. The second-order valence-electron chi connectivity index (χ2n) is 3.92. The molecule has 0 amide bonds. The lowest BCUT2D eigenvalue weighted by molar-refractivity contribution is 0.457. The van der Waals surface area contributed by atoms with Crippen molar-refractivity contribution in [3.8, 4) is 17.2 Å². The Morgan fingerprint density at radius 2 is 1.67 bits per heavy atom. The molecule has 0 radical (unpaired) electrons. The van der Waals surface area contributed by atoms with Crippen molar-refractivity contribution in [2.24, 2.45) is 0 Å². The van der Waals surface area contributed by atoms with Gasteiger partial charge in [-0.2, -0.15) is 0 Å². The van der Waals surface area contributed by atoms with Crippen LogP contribution in [-0.4, -0.2) is 15.3 Å². The molecule has 0 saturated carbocycles. The lowest BCUT2D eigenvalue weighted by atomic mass is 10.1. The molecule has 0 aliphatic heterocycles. The molecular weight excluding hydrogens is 236 g/mol. The number of hydrogen-bond donors (Lipinski definition) is 3. The summed E-state index contributed by atoms with van der Waals surface area (Å²) in [4.78, 5) is 12.2. The van der Waals surface area contributed by atoms with Gasteiger partial charge in [-0.1, -0.05) is 0 Å². The molecule has 90 valence electrons. The van der Waals surface area contributed by atoms with E-state index < -0.39 is 5.43 Å². The second kappa shape index (κ2) is 3.40. The van der Waals surface area contributed by atoms with Gasteiger partial charge in [-0.25, -0.2) is 0 Å². The zero-order valence-electron chi connectivity index (χ0n) is 9.04. The number of fused-ring (bicyclic) bond motifs is 2. The summed E-state index contributed by atoms with van der Waals surface area (Å²) in [5.41, 5.74) is -0.411. The highest BCUT2D eigenvalue weighted by molar-refractivity contribution is 5.95. The lowest BCUT2D eigenvalue weighted by Gasteiger charge is -2.04. The van der Waals surface area contributed by atoms with Crippen molar-refractivity contribution in [1.29, 1.82) is 0 Å².